The van der Waals surface area contributed by atoms with Crippen LogP contribution in [-0.4, -0.2) is 22.1 Å². The zero-order chi connectivity index (χ0) is 13.7. The monoisotopic (exact) mass is 269 g/mol. The van der Waals surface area contributed by atoms with E-state index in [-0.39, 0.29) is 11.6 Å². The predicted octanol–water partition coefficient (Wildman–Crippen LogP) is 2.36. The van der Waals surface area contributed by atoms with Crippen molar-refractivity contribution in [3.63, 3.8) is 0 Å². The predicted molar refractivity (Wildman–Crippen MR) is 77.0 cm³/mol. The van der Waals surface area contributed by atoms with Crippen LogP contribution in [0, 0.1) is 0 Å². The van der Waals surface area contributed by atoms with Crippen LogP contribution in [0.5, 0.6) is 5.75 Å². The summed E-state index contributed by atoms with van der Waals surface area (Å²) < 4.78 is 5.95. The van der Waals surface area contributed by atoms with Crippen LogP contribution in [0.1, 0.15) is 42.4 Å². The van der Waals surface area contributed by atoms with Crippen LogP contribution in [-0.2, 0) is 12.8 Å². The Balaban J connectivity index is 1.72. The largest absolute Gasteiger partial charge is 0.487 e. The third-order valence-electron chi connectivity index (χ3n) is 4.17. The van der Waals surface area contributed by atoms with Gasteiger partial charge in [0.2, 0.25) is 0 Å². The first kappa shape index (κ1) is 12.0. The van der Waals surface area contributed by atoms with Gasteiger partial charge in [-0.05, 0) is 37.1 Å². The third kappa shape index (κ3) is 1.83. The zero-order valence-electron chi connectivity index (χ0n) is 11.9. The summed E-state index contributed by atoms with van der Waals surface area (Å²) in [6.07, 6.45) is 3.79. The Morgan fingerprint density at radius 3 is 3.15 bits per heavy atom. The van der Waals surface area contributed by atoms with Crippen molar-refractivity contribution in [2.45, 2.75) is 38.3 Å². The number of ether oxygens (including phenoxy) is 1. The minimum atomic E-state index is -0.0849. The average Bonchev–Trinajstić information content (AvgIpc) is 2.98. The van der Waals surface area contributed by atoms with E-state index in [1.807, 2.05) is 0 Å². The van der Waals surface area contributed by atoms with E-state index < -0.39 is 0 Å². The van der Waals surface area contributed by atoms with Crippen LogP contribution in [0.25, 0.3) is 0 Å². The molecule has 2 aliphatic rings. The number of nitrogens with one attached hydrogen (secondary N) is 2. The van der Waals surface area contributed by atoms with E-state index in [2.05, 4.69) is 47.3 Å². The summed E-state index contributed by atoms with van der Waals surface area (Å²) in [5.74, 6) is 1.02. The number of aromatic amines is 1. The summed E-state index contributed by atoms with van der Waals surface area (Å²) >= 11 is 0. The number of hydrogen-bond donors (Lipinski definition) is 2. The summed E-state index contributed by atoms with van der Waals surface area (Å²) in [7, 11) is 0. The Morgan fingerprint density at radius 1 is 1.35 bits per heavy atom. The van der Waals surface area contributed by atoms with Crippen LogP contribution in [0.4, 0.5) is 0 Å². The van der Waals surface area contributed by atoms with E-state index in [0.717, 1.165) is 30.8 Å². The number of aromatic nitrogens is 2. The van der Waals surface area contributed by atoms with Gasteiger partial charge in [0.1, 0.15) is 11.4 Å². The van der Waals surface area contributed by atoms with Crippen molar-refractivity contribution >= 4 is 0 Å². The number of fused-ring (bicyclic) bond motifs is 2. The highest BCUT2D eigenvalue weighted by Crippen LogP contribution is 2.37. The van der Waals surface area contributed by atoms with Gasteiger partial charge in [-0.2, -0.15) is 0 Å². The van der Waals surface area contributed by atoms with Gasteiger partial charge in [0, 0.05) is 25.1 Å². The maximum absolute atomic E-state index is 5.95. The Hall–Kier alpha value is -1.81. The van der Waals surface area contributed by atoms with Crippen molar-refractivity contribution in [2.75, 3.05) is 6.54 Å². The van der Waals surface area contributed by atoms with Crippen molar-refractivity contribution < 1.29 is 4.74 Å². The third-order valence-corrected chi connectivity index (χ3v) is 4.17. The smallest absolute Gasteiger partial charge is 0.123 e. The highest BCUT2D eigenvalue weighted by molar-refractivity contribution is 5.44. The molecule has 0 amide bonds. The Kier molecular flexibility index (Phi) is 2.45. The molecule has 4 nitrogen and oxygen atoms in total. The second-order valence-electron chi connectivity index (χ2n) is 6.31. The van der Waals surface area contributed by atoms with E-state index >= 15 is 0 Å². The fourth-order valence-electron chi connectivity index (χ4n) is 3.30. The van der Waals surface area contributed by atoms with Crippen LogP contribution in [0.3, 0.4) is 0 Å². The number of H-pyrrole nitrogens is 1. The van der Waals surface area contributed by atoms with Gasteiger partial charge in [0.15, 0.2) is 0 Å². The topological polar surface area (TPSA) is 49.9 Å². The van der Waals surface area contributed by atoms with Crippen LogP contribution >= 0.6 is 0 Å². The van der Waals surface area contributed by atoms with Crippen molar-refractivity contribution in [1.29, 1.82) is 0 Å². The number of benzene rings is 1. The van der Waals surface area contributed by atoms with Crippen LogP contribution < -0.4 is 10.1 Å². The summed E-state index contributed by atoms with van der Waals surface area (Å²) in [5.41, 5.74) is 4.88. The van der Waals surface area contributed by atoms with Gasteiger partial charge in [-0.1, -0.05) is 6.07 Å². The Morgan fingerprint density at radius 2 is 2.25 bits per heavy atom. The zero-order valence-corrected chi connectivity index (χ0v) is 11.9. The quantitative estimate of drug-likeness (QED) is 0.835. The maximum atomic E-state index is 5.95. The summed E-state index contributed by atoms with van der Waals surface area (Å²) in [6.45, 7) is 5.26. The molecule has 0 aliphatic carbocycles. The molecule has 0 unspecified atom stereocenters. The molecule has 0 spiro atoms. The molecular weight excluding hydrogens is 250 g/mol. The molecule has 0 radical (unpaired) electrons. The van der Waals surface area contributed by atoms with E-state index in [9.17, 15) is 0 Å². The molecule has 0 fully saturated rings. The minimum Gasteiger partial charge on any atom is -0.487 e. The van der Waals surface area contributed by atoms with Gasteiger partial charge >= 0.3 is 0 Å². The van der Waals surface area contributed by atoms with E-state index in [1.165, 1.54) is 16.8 Å². The van der Waals surface area contributed by atoms with Crippen molar-refractivity contribution in [2.24, 2.45) is 0 Å². The molecule has 2 N–H and O–H groups in total. The van der Waals surface area contributed by atoms with E-state index in [4.69, 9.17) is 4.74 Å². The first-order chi connectivity index (χ1) is 9.62. The SMILES string of the molecule is CC1(C)Cc2cc([C@H]3NCCc4[nH]cnc43)ccc2O1. The summed E-state index contributed by atoms with van der Waals surface area (Å²) in [6, 6.07) is 6.72. The molecule has 1 aromatic heterocycles. The lowest BCUT2D eigenvalue weighted by Gasteiger charge is -2.23. The molecule has 104 valence electrons. The van der Waals surface area contributed by atoms with Crippen molar-refractivity contribution in [3.05, 3.63) is 47.0 Å². The summed E-state index contributed by atoms with van der Waals surface area (Å²) in [4.78, 5) is 7.73. The van der Waals surface area contributed by atoms with E-state index in [1.54, 1.807) is 6.33 Å². The second-order valence-corrected chi connectivity index (χ2v) is 6.31. The highest BCUT2D eigenvalue weighted by Gasteiger charge is 2.31. The average molecular weight is 269 g/mol. The lowest BCUT2D eigenvalue weighted by Crippen LogP contribution is -2.30. The first-order valence-corrected chi connectivity index (χ1v) is 7.20. The molecule has 2 aromatic rings. The Labute approximate surface area is 118 Å². The highest BCUT2D eigenvalue weighted by atomic mass is 16.5. The van der Waals surface area contributed by atoms with Gasteiger partial charge in [0.05, 0.1) is 18.1 Å². The maximum Gasteiger partial charge on any atom is 0.123 e. The molecule has 1 aromatic carbocycles. The van der Waals surface area contributed by atoms with Gasteiger partial charge in [-0.3, -0.25) is 0 Å². The minimum absolute atomic E-state index is 0.0849. The number of rotatable bonds is 1. The van der Waals surface area contributed by atoms with Gasteiger partial charge in [0.25, 0.3) is 0 Å². The standard InChI is InChI=1S/C16H19N3O/c1-16(2)8-11-7-10(3-4-13(11)20-16)14-15-12(5-6-17-14)18-9-19-15/h3-4,7,9,14,17H,5-6,8H2,1-2H3,(H,18,19)/t14-/m1/s1. The van der Waals surface area contributed by atoms with Gasteiger partial charge in [-0.25, -0.2) is 4.98 Å². The number of hydrogen-bond acceptors (Lipinski definition) is 3. The molecule has 2 aliphatic heterocycles. The fourth-order valence-corrected chi connectivity index (χ4v) is 3.30. The fraction of sp³-hybridized carbons (Fsp3) is 0.438. The molecular formula is C16H19N3O. The van der Waals surface area contributed by atoms with Crippen molar-refractivity contribution in [3.8, 4) is 5.75 Å². The molecule has 20 heavy (non-hydrogen) atoms. The molecule has 4 heteroatoms. The molecule has 0 saturated carbocycles. The molecule has 3 heterocycles. The first-order valence-electron chi connectivity index (χ1n) is 7.20. The van der Waals surface area contributed by atoms with Crippen molar-refractivity contribution in [1.82, 2.24) is 15.3 Å². The Bertz CT molecular complexity index is 659. The van der Waals surface area contributed by atoms with Gasteiger partial charge < -0.3 is 15.0 Å². The van der Waals surface area contributed by atoms with Crippen LogP contribution in [0.15, 0.2) is 24.5 Å². The second kappa shape index (κ2) is 4.09. The lowest BCUT2D eigenvalue weighted by molar-refractivity contribution is 0.138. The van der Waals surface area contributed by atoms with Crippen LogP contribution in [0.2, 0.25) is 0 Å². The molecule has 0 bridgehead atoms. The normalized spacial score (nSPS) is 23.0. The van der Waals surface area contributed by atoms with E-state index in [0.29, 0.717) is 0 Å². The number of nitrogens with zero attached hydrogens (tertiary/aromatic N) is 1. The molecule has 0 saturated heterocycles. The number of imidazole rings is 1. The lowest BCUT2D eigenvalue weighted by atomic mass is 9.94. The molecule has 4 rings (SSSR count). The molecule has 1 atom stereocenters. The van der Waals surface area contributed by atoms with Gasteiger partial charge in [-0.15, -0.1) is 0 Å². The summed E-state index contributed by atoms with van der Waals surface area (Å²) in [5, 5.41) is 3.57.